The van der Waals surface area contributed by atoms with Crippen LogP contribution in [0, 0.1) is 0 Å². The topological polar surface area (TPSA) is 119 Å². The Hall–Kier alpha value is -2.58. The number of carbonyl (C=O) groups excluding carboxylic acids is 1. The highest BCUT2D eigenvalue weighted by Crippen LogP contribution is 2.01. The number of nitrogens with zero attached hydrogens (tertiary/aromatic N) is 5. The lowest BCUT2D eigenvalue weighted by Crippen LogP contribution is -2.32. The first-order chi connectivity index (χ1) is 8.54. The Morgan fingerprint density at radius 2 is 2.17 bits per heavy atom. The Morgan fingerprint density at radius 3 is 2.78 bits per heavy atom. The predicted molar refractivity (Wildman–Crippen MR) is 57.3 cm³/mol. The first kappa shape index (κ1) is 11.9. The van der Waals surface area contributed by atoms with Crippen LogP contribution in [0.3, 0.4) is 0 Å². The number of hydrogen-bond donors (Lipinski definition) is 1. The highest BCUT2D eigenvalue weighted by molar-refractivity contribution is 5.91. The van der Waals surface area contributed by atoms with Crippen LogP contribution in [0.2, 0.25) is 0 Å². The van der Waals surface area contributed by atoms with E-state index in [1.165, 1.54) is 0 Å². The molecule has 18 heavy (non-hydrogen) atoms. The van der Waals surface area contributed by atoms with E-state index in [9.17, 15) is 14.4 Å². The van der Waals surface area contributed by atoms with Gasteiger partial charge in [0.25, 0.3) is 0 Å². The van der Waals surface area contributed by atoms with E-state index in [1.807, 2.05) is 0 Å². The zero-order chi connectivity index (χ0) is 13.3. The summed E-state index contributed by atoms with van der Waals surface area (Å²) in [4.78, 5) is 37.4. The largest absolute Gasteiger partial charge is 0.476 e. The minimum atomic E-state index is -1.30. The number of carbonyl (C=O) groups is 2. The van der Waals surface area contributed by atoms with Crippen LogP contribution in [0.25, 0.3) is 5.65 Å². The van der Waals surface area contributed by atoms with Gasteiger partial charge in [-0.05, 0) is 0 Å². The smallest absolute Gasteiger partial charge is 0.358 e. The molecule has 0 unspecified atom stereocenters. The number of aromatic carboxylic acids is 1. The van der Waals surface area contributed by atoms with E-state index < -0.39 is 11.7 Å². The molecule has 9 heteroatoms. The zero-order valence-electron chi connectivity index (χ0n) is 9.40. The van der Waals surface area contributed by atoms with Gasteiger partial charge in [0, 0.05) is 6.42 Å². The van der Waals surface area contributed by atoms with Gasteiger partial charge in [0.05, 0.1) is 0 Å². The van der Waals surface area contributed by atoms with Crippen LogP contribution in [0.5, 0.6) is 0 Å². The molecular weight excluding hydrogens is 242 g/mol. The van der Waals surface area contributed by atoms with E-state index >= 15 is 0 Å². The number of hydrogen-bond acceptors (Lipinski definition) is 6. The Bertz CT molecular complexity index is 686. The second-order valence-corrected chi connectivity index (χ2v) is 3.51. The maximum Gasteiger partial charge on any atom is 0.358 e. The summed E-state index contributed by atoms with van der Waals surface area (Å²) in [5.74, 6) is -1.47. The maximum absolute atomic E-state index is 11.9. The molecule has 94 valence electrons. The summed E-state index contributed by atoms with van der Waals surface area (Å²) in [5.41, 5.74) is -1.15. The first-order valence-electron chi connectivity index (χ1n) is 5.10. The number of Topliss-reactive ketones (excluding diaryl/α,β-unsaturated/α-hetero) is 1. The Morgan fingerprint density at radius 1 is 1.44 bits per heavy atom. The molecule has 0 saturated heterocycles. The number of carboxylic acids is 1. The molecule has 0 aliphatic rings. The number of rotatable bonds is 4. The van der Waals surface area contributed by atoms with Gasteiger partial charge in [0.15, 0.2) is 17.1 Å². The zero-order valence-corrected chi connectivity index (χ0v) is 9.40. The molecule has 0 saturated carbocycles. The molecule has 0 spiro atoms. The SMILES string of the molecule is CCC(=O)Cn1nnc2c(C(=O)O)ncn2c1=O. The summed E-state index contributed by atoms with van der Waals surface area (Å²) >= 11 is 0. The first-order valence-corrected chi connectivity index (χ1v) is 5.10. The predicted octanol–water partition coefficient (Wildman–Crippen LogP) is -1.04. The van der Waals surface area contributed by atoms with Gasteiger partial charge in [-0.1, -0.05) is 12.1 Å². The lowest BCUT2D eigenvalue weighted by molar-refractivity contribution is -0.119. The van der Waals surface area contributed by atoms with Crippen molar-refractivity contribution in [2.75, 3.05) is 0 Å². The Labute approximate surface area is 99.7 Å². The summed E-state index contributed by atoms with van der Waals surface area (Å²) in [6.07, 6.45) is 1.32. The second-order valence-electron chi connectivity index (χ2n) is 3.51. The van der Waals surface area contributed by atoms with Crippen molar-refractivity contribution in [2.24, 2.45) is 0 Å². The standard InChI is InChI=1S/C9H9N5O4/c1-2-5(15)3-14-9(18)13-4-10-6(8(16)17)7(13)11-12-14/h4H,2-3H2,1H3,(H,16,17). The van der Waals surface area contributed by atoms with Gasteiger partial charge >= 0.3 is 11.7 Å². The van der Waals surface area contributed by atoms with E-state index in [0.29, 0.717) is 0 Å². The molecule has 0 amide bonds. The molecule has 2 aromatic rings. The average molecular weight is 251 g/mol. The minimum Gasteiger partial charge on any atom is -0.476 e. The number of imidazole rings is 1. The summed E-state index contributed by atoms with van der Waals surface area (Å²) in [6, 6.07) is 0. The van der Waals surface area contributed by atoms with Gasteiger partial charge < -0.3 is 5.11 Å². The van der Waals surface area contributed by atoms with Crippen LogP contribution < -0.4 is 5.69 Å². The van der Waals surface area contributed by atoms with Gasteiger partial charge in [0.2, 0.25) is 0 Å². The fourth-order valence-corrected chi connectivity index (χ4v) is 1.37. The van der Waals surface area contributed by atoms with Gasteiger partial charge in [0.1, 0.15) is 12.9 Å². The highest BCUT2D eigenvalue weighted by Gasteiger charge is 2.17. The maximum atomic E-state index is 11.9. The van der Waals surface area contributed by atoms with Crippen LogP contribution in [-0.4, -0.2) is 41.2 Å². The van der Waals surface area contributed by atoms with E-state index in [4.69, 9.17) is 5.11 Å². The van der Waals surface area contributed by atoms with Crippen LogP contribution >= 0.6 is 0 Å². The third kappa shape index (κ3) is 1.85. The molecule has 0 bridgehead atoms. The van der Waals surface area contributed by atoms with E-state index in [-0.39, 0.29) is 30.1 Å². The summed E-state index contributed by atoms with van der Waals surface area (Å²) in [5, 5.41) is 15.9. The normalized spacial score (nSPS) is 10.7. The van der Waals surface area contributed by atoms with Gasteiger partial charge in [-0.25, -0.2) is 19.0 Å². The van der Waals surface area contributed by atoms with Crippen LogP contribution in [0.15, 0.2) is 11.1 Å². The van der Waals surface area contributed by atoms with Crippen molar-refractivity contribution < 1.29 is 14.7 Å². The van der Waals surface area contributed by atoms with Crippen molar-refractivity contribution >= 4 is 17.4 Å². The summed E-state index contributed by atoms with van der Waals surface area (Å²) < 4.78 is 1.81. The number of aromatic nitrogens is 5. The number of carboxylic acid groups (broad SMARTS) is 1. The molecule has 0 radical (unpaired) electrons. The third-order valence-corrected chi connectivity index (χ3v) is 2.34. The van der Waals surface area contributed by atoms with Crippen molar-refractivity contribution in [3.05, 3.63) is 22.5 Å². The van der Waals surface area contributed by atoms with E-state index in [2.05, 4.69) is 15.3 Å². The van der Waals surface area contributed by atoms with Gasteiger partial charge in [-0.2, -0.15) is 4.68 Å². The number of fused-ring (bicyclic) bond motifs is 1. The molecule has 2 heterocycles. The molecule has 0 aliphatic carbocycles. The van der Waals surface area contributed by atoms with E-state index in [1.54, 1.807) is 6.92 Å². The summed E-state index contributed by atoms with van der Waals surface area (Å²) in [7, 11) is 0. The Kier molecular flexibility index (Phi) is 2.88. The lowest BCUT2D eigenvalue weighted by Gasteiger charge is -2.01. The van der Waals surface area contributed by atoms with E-state index in [0.717, 1.165) is 15.4 Å². The lowest BCUT2D eigenvalue weighted by atomic mass is 10.3. The van der Waals surface area contributed by atoms with Crippen LogP contribution in [0.4, 0.5) is 0 Å². The monoisotopic (exact) mass is 251 g/mol. The molecule has 0 aliphatic heterocycles. The van der Waals surface area contributed by atoms with Crippen LogP contribution in [0.1, 0.15) is 23.8 Å². The van der Waals surface area contributed by atoms with Crippen molar-refractivity contribution in [2.45, 2.75) is 19.9 Å². The summed E-state index contributed by atoms with van der Waals surface area (Å²) in [6.45, 7) is 1.47. The molecule has 9 nitrogen and oxygen atoms in total. The molecule has 2 rings (SSSR count). The number of ketones is 1. The fraction of sp³-hybridized carbons (Fsp3) is 0.333. The van der Waals surface area contributed by atoms with Crippen LogP contribution in [-0.2, 0) is 11.3 Å². The van der Waals surface area contributed by atoms with Gasteiger partial charge in [-0.15, -0.1) is 5.10 Å². The van der Waals surface area contributed by atoms with Crippen molar-refractivity contribution in [1.29, 1.82) is 0 Å². The van der Waals surface area contributed by atoms with Crippen molar-refractivity contribution in [3.8, 4) is 0 Å². The highest BCUT2D eigenvalue weighted by atomic mass is 16.4. The molecule has 0 atom stereocenters. The third-order valence-electron chi connectivity index (χ3n) is 2.34. The fourth-order valence-electron chi connectivity index (χ4n) is 1.37. The molecule has 0 aromatic carbocycles. The molecule has 1 N–H and O–H groups in total. The Balaban J connectivity index is 2.56. The molecule has 2 aromatic heterocycles. The van der Waals surface area contributed by atoms with Crippen molar-refractivity contribution in [3.63, 3.8) is 0 Å². The van der Waals surface area contributed by atoms with Gasteiger partial charge in [-0.3, -0.25) is 4.79 Å². The second kappa shape index (κ2) is 4.35. The molecular formula is C9H9N5O4. The minimum absolute atomic E-state index is 0.146. The van der Waals surface area contributed by atoms with Crippen molar-refractivity contribution in [1.82, 2.24) is 24.4 Å². The average Bonchev–Trinajstić information content (AvgIpc) is 2.77. The molecule has 0 fully saturated rings. The quantitative estimate of drug-likeness (QED) is 0.737.